The minimum absolute atomic E-state index is 0.0669. The highest BCUT2D eigenvalue weighted by molar-refractivity contribution is 5.94. The van der Waals surface area contributed by atoms with Crippen molar-refractivity contribution in [3.05, 3.63) is 0 Å². The molecule has 0 aliphatic carbocycles. The van der Waals surface area contributed by atoms with E-state index in [1.54, 1.807) is 6.92 Å². The Labute approximate surface area is 65.5 Å². The van der Waals surface area contributed by atoms with Crippen LogP contribution in [0.3, 0.4) is 0 Å². The molecule has 0 bridgehead atoms. The summed E-state index contributed by atoms with van der Waals surface area (Å²) in [6, 6.07) is 0. The van der Waals surface area contributed by atoms with Gasteiger partial charge < -0.3 is 9.47 Å². The fourth-order valence-electron chi connectivity index (χ4n) is 0.445. The lowest BCUT2D eigenvalue weighted by atomic mass is 10.3. The van der Waals surface area contributed by atoms with Gasteiger partial charge >= 0.3 is 5.97 Å². The molecular formula is C7H12O4. The van der Waals surface area contributed by atoms with E-state index in [9.17, 15) is 9.59 Å². The molecule has 64 valence electrons. The zero-order chi connectivity index (χ0) is 8.69. The number of Topliss-reactive ketones (excluding diaryl/α,β-unsaturated/α-hetero) is 1. The monoisotopic (exact) mass is 160 g/mol. The van der Waals surface area contributed by atoms with Crippen LogP contribution in [0, 0.1) is 0 Å². The molecule has 4 heteroatoms. The van der Waals surface area contributed by atoms with Gasteiger partial charge in [0.25, 0.3) is 0 Å². The minimum atomic E-state index is -0.536. The van der Waals surface area contributed by atoms with Crippen LogP contribution in [-0.2, 0) is 19.1 Å². The van der Waals surface area contributed by atoms with Gasteiger partial charge in [-0.05, 0) is 13.8 Å². The summed E-state index contributed by atoms with van der Waals surface area (Å²) in [5.41, 5.74) is 0. The van der Waals surface area contributed by atoms with E-state index in [2.05, 4.69) is 4.74 Å². The predicted molar refractivity (Wildman–Crippen MR) is 37.9 cm³/mol. The number of rotatable bonds is 5. The van der Waals surface area contributed by atoms with E-state index in [-0.39, 0.29) is 19.0 Å². The van der Waals surface area contributed by atoms with E-state index in [1.807, 2.05) is 0 Å². The van der Waals surface area contributed by atoms with Crippen LogP contribution in [0.15, 0.2) is 0 Å². The summed E-state index contributed by atoms with van der Waals surface area (Å²) in [4.78, 5) is 21.0. The molecule has 11 heavy (non-hydrogen) atoms. The molecule has 0 N–H and O–H groups in total. The first-order chi connectivity index (χ1) is 5.16. The molecular weight excluding hydrogens is 148 g/mol. The number of hydrogen-bond acceptors (Lipinski definition) is 4. The van der Waals surface area contributed by atoms with Gasteiger partial charge in [-0.2, -0.15) is 0 Å². The Morgan fingerprint density at radius 3 is 2.45 bits per heavy atom. The van der Waals surface area contributed by atoms with Crippen LogP contribution < -0.4 is 0 Å². The predicted octanol–water partition coefficient (Wildman–Crippen LogP) is 0.503. The van der Waals surface area contributed by atoms with Gasteiger partial charge in [-0.15, -0.1) is 0 Å². The van der Waals surface area contributed by atoms with Crippen molar-refractivity contribution < 1.29 is 19.1 Å². The van der Waals surface area contributed by atoms with E-state index in [0.29, 0.717) is 6.61 Å². The van der Waals surface area contributed by atoms with Gasteiger partial charge in [0.2, 0.25) is 0 Å². The highest BCUT2D eigenvalue weighted by Crippen LogP contribution is 1.87. The van der Waals surface area contributed by atoms with Crippen LogP contribution in [0.2, 0.25) is 0 Å². The number of carbonyl (C=O) groups is 2. The normalized spacial score (nSPS) is 9.27. The largest absolute Gasteiger partial charge is 0.438 e. The van der Waals surface area contributed by atoms with Crippen LogP contribution in [0.4, 0.5) is 0 Å². The molecule has 0 heterocycles. The van der Waals surface area contributed by atoms with Crippen LogP contribution >= 0.6 is 0 Å². The Bertz CT molecular complexity index is 141. The van der Waals surface area contributed by atoms with Gasteiger partial charge in [-0.1, -0.05) is 0 Å². The molecule has 0 rings (SSSR count). The lowest BCUT2D eigenvalue weighted by molar-refractivity contribution is -0.156. The maximum absolute atomic E-state index is 10.6. The smallest absolute Gasteiger partial charge is 0.315 e. The Morgan fingerprint density at radius 2 is 2.00 bits per heavy atom. The summed E-state index contributed by atoms with van der Waals surface area (Å²) in [5, 5.41) is 0. The minimum Gasteiger partial charge on any atom is -0.438 e. The summed E-state index contributed by atoms with van der Waals surface area (Å²) >= 11 is 0. The standard InChI is InChI=1S/C7H12O4/c1-3-10-5-11-7(9)4-6(2)8/h3-5H2,1-2H3. The molecule has 0 fully saturated rings. The first kappa shape index (κ1) is 10.1. The number of carbonyl (C=O) groups excluding carboxylic acids is 2. The van der Waals surface area contributed by atoms with Crippen LogP contribution in [0.5, 0.6) is 0 Å². The third kappa shape index (κ3) is 6.99. The summed E-state index contributed by atoms with van der Waals surface area (Å²) in [6.45, 7) is 3.55. The van der Waals surface area contributed by atoms with E-state index in [1.165, 1.54) is 6.92 Å². The summed E-state index contributed by atoms with van der Waals surface area (Å²) in [7, 11) is 0. The summed E-state index contributed by atoms with van der Waals surface area (Å²) in [6.07, 6.45) is -0.174. The number of ether oxygens (including phenoxy) is 2. The maximum atomic E-state index is 10.6. The molecule has 0 saturated heterocycles. The van der Waals surface area contributed by atoms with Crippen LogP contribution in [0.1, 0.15) is 20.3 Å². The van der Waals surface area contributed by atoms with Gasteiger partial charge in [0.15, 0.2) is 6.79 Å². The van der Waals surface area contributed by atoms with E-state index in [4.69, 9.17) is 4.74 Å². The van der Waals surface area contributed by atoms with Crippen molar-refractivity contribution in [2.75, 3.05) is 13.4 Å². The quantitative estimate of drug-likeness (QED) is 0.254. The first-order valence-corrected chi connectivity index (χ1v) is 3.39. The average Bonchev–Trinajstić information content (AvgIpc) is 1.86. The summed E-state index contributed by atoms with van der Waals surface area (Å²) in [5.74, 6) is -0.738. The lowest BCUT2D eigenvalue weighted by Crippen LogP contribution is -2.11. The Hall–Kier alpha value is -0.900. The Morgan fingerprint density at radius 1 is 1.36 bits per heavy atom. The van der Waals surface area contributed by atoms with Gasteiger partial charge in [-0.3, -0.25) is 9.59 Å². The number of ketones is 1. The number of hydrogen-bond donors (Lipinski definition) is 0. The average molecular weight is 160 g/mol. The zero-order valence-electron chi connectivity index (χ0n) is 6.75. The molecule has 4 nitrogen and oxygen atoms in total. The van der Waals surface area contributed by atoms with Gasteiger partial charge in [0.05, 0.1) is 0 Å². The second-order valence-electron chi connectivity index (χ2n) is 2.01. The molecule has 0 atom stereocenters. The molecule has 0 aliphatic heterocycles. The zero-order valence-corrected chi connectivity index (χ0v) is 6.75. The van der Waals surface area contributed by atoms with Crippen molar-refractivity contribution in [1.29, 1.82) is 0 Å². The van der Waals surface area contributed by atoms with E-state index < -0.39 is 5.97 Å². The second-order valence-corrected chi connectivity index (χ2v) is 2.01. The summed E-state index contributed by atoms with van der Waals surface area (Å²) < 4.78 is 9.24. The maximum Gasteiger partial charge on any atom is 0.315 e. The highest BCUT2D eigenvalue weighted by Gasteiger charge is 2.04. The van der Waals surface area contributed by atoms with E-state index >= 15 is 0 Å². The van der Waals surface area contributed by atoms with Gasteiger partial charge in [-0.25, -0.2) is 0 Å². The van der Waals surface area contributed by atoms with Crippen molar-refractivity contribution in [3.63, 3.8) is 0 Å². The third-order valence-electron chi connectivity index (χ3n) is 0.901. The van der Waals surface area contributed by atoms with Crippen LogP contribution in [0.25, 0.3) is 0 Å². The van der Waals surface area contributed by atoms with Crippen LogP contribution in [-0.4, -0.2) is 25.2 Å². The highest BCUT2D eigenvalue weighted by atomic mass is 16.7. The van der Waals surface area contributed by atoms with Crippen molar-refractivity contribution in [2.24, 2.45) is 0 Å². The molecule has 0 spiro atoms. The van der Waals surface area contributed by atoms with Gasteiger partial charge in [0, 0.05) is 6.61 Å². The van der Waals surface area contributed by atoms with E-state index in [0.717, 1.165) is 0 Å². The topological polar surface area (TPSA) is 52.6 Å². The molecule has 0 aromatic carbocycles. The Kier molecular flexibility index (Phi) is 5.37. The molecule has 0 aromatic heterocycles. The second kappa shape index (κ2) is 5.85. The first-order valence-electron chi connectivity index (χ1n) is 3.39. The molecule has 0 aromatic rings. The lowest BCUT2D eigenvalue weighted by Gasteiger charge is -2.01. The fourth-order valence-corrected chi connectivity index (χ4v) is 0.445. The fraction of sp³-hybridized carbons (Fsp3) is 0.714. The van der Waals surface area contributed by atoms with Crippen molar-refractivity contribution in [3.8, 4) is 0 Å². The molecule has 0 amide bonds. The SMILES string of the molecule is CCOCOC(=O)CC(C)=O. The van der Waals surface area contributed by atoms with Gasteiger partial charge in [0.1, 0.15) is 12.2 Å². The third-order valence-corrected chi connectivity index (χ3v) is 0.901. The molecule has 0 saturated carbocycles. The number of esters is 1. The van der Waals surface area contributed by atoms with Crippen molar-refractivity contribution in [2.45, 2.75) is 20.3 Å². The molecule has 0 unspecified atom stereocenters. The molecule has 0 aliphatic rings. The molecule has 0 radical (unpaired) electrons. The van der Waals surface area contributed by atoms with Crippen molar-refractivity contribution in [1.82, 2.24) is 0 Å². The Balaban J connectivity index is 3.30. The van der Waals surface area contributed by atoms with Crippen molar-refractivity contribution >= 4 is 11.8 Å².